The first kappa shape index (κ1) is 27.7. The minimum absolute atomic E-state index is 0.0299. The van der Waals surface area contributed by atoms with Crippen molar-refractivity contribution in [3.05, 3.63) is 64.3 Å². The van der Waals surface area contributed by atoms with Crippen LogP contribution in [0.2, 0.25) is 0 Å². The summed E-state index contributed by atoms with van der Waals surface area (Å²) in [5.74, 6) is -2.52. The number of carboxylic acids is 1. The Morgan fingerprint density at radius 2 is 1.84 bits per heavy atom. The number of hydrogen-bond donors (Lipinski definition) is 2. The monoisotopic (exact) mass is 519 g/mol. The Bertz CT molecular complexity index is 1380. The third-order valence-corrected chi connectivity index (χ3v) is 5.68. The molecule has 2 aromatic carbocycles. The van der Waals surface area contributed by atoms with Crippen LogP contribution in [0.1, 0.15) is 43.8 Å². The highest BCUT2D eigenvalue weighted by molar-refractivity contribution is 5.99. The van der Waals surface area contributed by atoms with E-state index in [1.807, 2.05) is 0 Å². The van der Waals surface area contributed by atoms with E-state index in [1.165, 1.54) is 12.1 Å². The van der Waals surface area contributed by atoms with Gasteiger partial charge in [-0.25, -0.2) is 9.18 Å². The van der Waals surface area contributed by atoms with Gasteiger partial charge in [0.05, 0.1) is 6.61 Å². The van der Waals surface area contributed by atoms with E-state index in [4.69, 9.17) is 20.4 Å². The number of pyridine rings is 1. The Morgan fingerprint density at radius 1 is 1.14 bits per heavy atom. The summed E-state index contributed by atoms with van der Waals surface area (Å²) in [7, 11) is 0. The lowest BCUT2D eigenvalue weighted by Crippen LogP contribution is -2.23. The number of nitrogens with two attached hydrogens (primary N) is 1. The molecule has 0 radical (unpaired) electrons. The Kier molecular flexibility index (Phi) is 8.89. The molecule has 1 saturated carbocycles. The zero-order chi connectivity index (χ0) is 27.2. The SMILES string of the molecule is N#Cc1c(-c2cccc(F)c2)c2cc(OCCCCCN)ccc2c(=O)n1C1CC1.O=C(O)C(F)(F)F. The maximum absolute atomic E-state index is 14.0. The molecule has 7 nitrogen and oxygen atoms in total. The van der Waals surface area contributed by atoms with Gasteiger partial charge in [-0.1, -0.05) is 12.1 Å². The number of fused-ring (bicyclic) bond motifs is 1. The average Bonchev–Trinajstić information content (AvgIpc) is 3.68. The van der Waals surface area contributed by atoms with Gasteiger partial charge in [0.15, 0.2) is 0 Å². The van der Waals surface area contributed by atoms with Gasteiger partial charge in [0.25, 0.3) is 5.56 Å². The fourth-order valence-corrected chi connectivity index (χ4v) is 3.83. The van der Waals surface area contributed by atoms with Crippen molar-refractivity contribution in [3.63, 3.8) is 0 Å². The van der Waals surface area contributed by atoms with Crippen LogP contribution in [0.5, 0.6) is 5.75 Å². The minimum Gasteiger partial charge on any atom is -0.494 e. The van der Waals surface area contributed by atoms with E-state index >= 15 is 0 Å². The Balaban J connectivity index is 0.000000479. The molecule has 1 aliphatic rings. The largest absolute Gasteiger partial charge is 0.494 e. The smallest absolute Gasteiger partial charge is 0.490 e. The van der Waals surface area contributed by atoms with Gasteiger partial charge in [-0.2, -0.15) is 18.4 Å². The normalized spacial score (nSPS) is 13.0. The number of unbranched alkanes of at least 4 members (excludes halogenated alkanes) is 2. The lowest BCUT2D eigenvalue weighted by Gasteiger charge is -2.16. The molecule has 3 N–H and O–H groups in total. The predicted octanol–water partition coefficient (Wildman–Crippen LogP) is 5.16. The predicted molar refractivity (Wildman–Crippen MR) is 129 cm³/mol. The van der Waals surface area contributed by atoms with E-state index in [2.05, 4.69) is 6.07 Å². The van der Waals surface area contributed by atoms with Gasteiger partial charge in [-0.05, 0) is 74.5 Å². The molecule has 0 saturated heterocycles. The summed E-state index contributed by atoms with van der Waals surface area (Å²) in [6.45, 7) is 1.21. The summed E-state index contributed by atoms with van der Waals surface area (Å²) in [4.78, 5) is 22.1. The topological polar surface area (TPSA) is 118 Å². The first-order valence-electron chi connectivity index (χ1n) is 11.6. The average molecular weight is 519 g/mol. The number of rotatable bonds is 8. The fraction of sp³-hybridized carbons (Fsp3) is 0.346. The first-order chi connectivity index (χ1) is 17.6. The van der Waals surface area contributed by atoms with Crippen molar-refractivity contribution >= 4 is 16.7 Å². The molecule has 0 bridgehead atoms. The highest BCUT2D eigenvalue weighted by atomic mass is 19.4. The highest BCUT2D eigenvalue weighted by Gasteiger charge is 2.38. The molecule has 0 aliphatic heterocycles. The van der Waals surface area contributed by atoms with Crippen molar-refractivity contribution in [2.45, 2.75) is 44.3 Å². The zero-order valence-electron chi connectivity index (χ0n) is 19.7. The third-order valence-electron chi connectivity index (χ3n) is 5.68. The highest BCUT2D eigenvalue weighted by Crippen LogP contribution is 2.39. The number of ether oxygens (including phenoxy) is 1. The van der Waals surface area contributed by atoms with Gasteiger partial charge in [0.1, 0.15) is 23.3 Å². The molecule has 1 fully saturated rings. The summed E-state index contributed by atoms with van der Waals surface area (Å²) in [6.07, 6.45) is -0.515. The van der Waals surface area contributed by atoms with E-state index in [0.717, 1.165) is 32.1 Å². The van der Waals surface area contributed by atoms with Crippen molar-refractivity contribution in [2.24, 2.45) is 5.73 Å². The molecule has 0 spiro atoms. The number of alkyl halides is 3. The van der Waals surface area contributed by atoms with E-state index in [1.54, 1.807) is 34.9 Å². The molecule has 0 unspecified atom stereocenters. The summed E-state index contributed by atoms with van der Waals surface area (Å²) in [5.41, 5.74) is 6.77. The second-order valence-corrected chi connectivity index (χ2v) is 8.46. The molecule has 196 valence electrons. The van der Waals surface area contributed by atoms with E-state index in [9.17, 15) is 27.6 Å². The van der Waals surface area contributed by atoms with Crippen LogP contribution in [0.15, 0.2) is 47.3 Å². The minimum atomic E-state index is -5.08. The molecule has 4 rings (SSSR count). The second-order valence-electron chi connectivity index (χ2n) is 8.46. The van der Waals surface area contributed by atoms with Crippen molar-refractivity contribution in [2.75, 3.05) is 13.2 Å². The fourth-order valence-electron chi connectivity index (χ4n) is 3.83. The number of aliphatic carboxylic acids is 1. The summed E-state index contributed by atoms with van der Waals surface area (Å²) in [5, 5.41) is 18.2. The lowest BCUT2D eigenvalue weighted by atomic mass is 9.96. The number of nitrogens with zero attached hydrogens (tertiary/aromatic N) is 2. The molecule has 11 heteroatoms. The van der Waals surface area contributed by atoms with Crippen LogP contribution < -0.4 is 16.0 Å². The van der Waals surface area contributed by atoms with Crippen LogP contribution in [0.4, 0.5) is 17.6 Å². The second kappa shape index (κ2) is 11.9. The summed E-state index contributed by atoms with van der Waals surface area (Å²) < 4.78 is 53.2. The number of nitriles is 1. The van der Waals surface area contributed by atoms with Crippen molar-refractivity contribution in [1.82, 2.24) is 4.57 Å². The van der Waals surface area contributed by atoms with Gasteiger partial charge >= 0.3 is 12.1 Å². The van der Waals surface area contributed by atoms with E-state index in [-0.39, 0.29) is 23.1 Å². The zero-order valence-corrected chi connectivity index (χ0v) is 19.7. The van der Waals surface area contributed by atoms with E-state index in [0.29, 0.717) is 40.8 Å². The maximum Gasteiger partial charge on any atom is 0.490 e. The van der Waals surface area contributed by atoms with Crippen molar-refractivity contribution in [1.29, 1.82) is 5.26 Å². The standard InChI is InChI=1S/C24H24FN3O2.C2HF3O2/c25-17-6-4-5-16(13-17)23-21-14-19(30-12-3-1-2-11-26)9-10-20(21)24(29)28(18-7-8-18)22(23)15-27;3-2(4,5)1(6)7/h4-6,9-10,13-14,18H,1-3,7-8,11-12,26H2;(H,6,7). The number of benzene rings is 2. The van der Waals surface area contributed by atoms with Crippen LogP contribution in [-0.2, 0) is 4.79 Å². The molecule has 0 amide bonds. The molecule has 0 atom stereocenters. The Morgan fingerprint density at radius 3 is 2.41 bits per heavy atom. The van der Waals surface area contributed by atoms with Crippen LogP contribution in [0.25, 0.3) is 21.9 Å². The van der Waals surface area contributed by atoms with Crippen molar-refractivity contribution < 1.29 is 32.2 Å². The Hall–Kier alpha value is -3.91. The quantitative estimate of drug-likeness (QED) is 0.314. The number of aromatic nitrogens is 1. The van der Waals surface area contributed by atoms with E-state index < -0.39 is 12.1 Å². The first-order valence-corrected chi connectivity index (χ1v) is 11.6. The number of hydrogen-bond acceptors (Lipinski definition) is 5. The number of carbonyl (C=O) groups is 1. The molecule has 1 aliphatic carbocycles. The van der Waals surface area contributed by atoms with Crippen molar-refractivity contribution in [3.8, 4) is 22.9 Å². The molecular weight excluding hydrogens is 494 g/mol. The van der Waals surface area contributed by atoms with Gasteiger partial charge in [0.2, 0.25) is 0 Å². The number of carboxylic acid groups (broad SMARTS) is 1. The van der Waals surface area contributed by atoms with Crippen LogP contribution in [-0.4, -0.2) is 35.0 Å². The molecule has 1 aromatic heterocycles. The van der Waals surface area contributed by atoms with Crippen LogP contribution in [0.3, 0.4) is 0 Å². The maximum atomic E-state index is 14.0. The van der Waals surface area contributed by atoms with Gasteiger partial charge in [-0.3, -0.25) is 9.36 Å². The molecule has 3 aromatic rings. The third kappa shape index (κ3) is 6.86. The van der Waals surface area contributed by atoms with Gasteiger partial charge in [-0.15, -0.1) is 0 Å². The van der Waals surface area contributed by atoms with Gasteiger partial charge < -0.3 is 15.6 Å². The molecule has 1 heterocycles. The number of halogens is 4. The summed E-state index contributed by atoms with van der Waals surface area (Å²) in [6, 6.07) is 13.7. The molecule has 37 heavy (non-hydrogen) atoms. The van der Waals surface area contributed by atoms with Crippen LogP contribution >= 0.6 is 0 Å². The lowest BCUT2D eigenvalue weighted by molar-refractivity contribution is -0.192. The molecular formula is C26H25F4N3O4. The van der Waals surface area contributed by atoms with Gasteiger partial charge in [0, 0.05) is 22.4 Å². The van der Waals surface area contributed by atoms with Crippen LogP contribution in [0, 0.1) is 17.1 Å². The summed E-state index contributed by atoms with van der Waals surface area (Å²) >= 11 is 0. The Labute approximate surface area is 209 Å².